The van der Waals surface area contributed by atoms with Gasteiger partial charge in [0.1, 0.15) is 0 Å². The standard InChI is InChI=1S/C12H19F3N2O.ClH/c13-12(14,15)10-4-2-1-3-9(10)11(18)17-7-8-5-16-6-8;/h8-10,16H,1-7H2,(H,17,18);1H. The Hall–Kier alpha value is -0.490. The third-order valence-electron chi connectivity index (χ3n) is 3.95. The summed E-state index contributed by atoms with van der Waals surface area (Å²) in [5.41, 5.74) is 0. The van der Waals surface area contributed by atoms with Crippen LogP contribution in [0, 0.1) is 17.8 Å². The molecule has 0 bridgehead atoms. The van der Waals surface area contributed by atoms with Crippen molar-refractivity contribution in [3.63, 3.8) is 0 Å². The Morgan fingerprint density at radius 1 is 1.21 bits per heavy atom. The SMILES string of the molecule is Cl.O=C(NCC1CNC1)C1CCCCC1C(F)(F)F. The van der Waals surface area contributed by atoms with Crippen LogP contribution in [0.3, 0.4) is 0 Å². The summed E-state index contributed by atoms with van der Waals surface area (Å²) in [5.74, 6) is -2.37. The molecule has 0 spiro atoms. The van der Waals surface area contributed by atoms with Crippen molar-refractivity contribution in [3.05, 3.63) is 0 Å². The van der Waals surface area contributed by atoms with Crippen molar-refractivity contribution >= 4 is 18.3 Å². The van der Waals surface area contributed by atoms with Gasteiger partial charge in [-0.05, 0) is 12.8 Å². The summed E-state index contributed by atoms with van der Waals surface area (Å²) in [5, 5.41) is 5.74. The summed E-state index contributed by atoms with van der Waals surface area (Å²) in [6, 6.07) is 0. The highest BCUT2D eigenvalue weighted by atomic mass is 35.5. The minimum absolute atomic E-state index is 0. The molecule has 1 amide bonds. The molecule has 0 aromatic carbocycles. The molecule has 2 N–H and O–H groups in total. The maximum atomic E-state index is 12.8. The zero-order valence-corrected chi connectivity index (χ0v) is 11.4. The topological polar surface area (TPSA) is 41.1 Å². The van der Waals surface area contributed by atoms with Gasteiger partial charge in [0.2, 0.25) is 5.91 Å². The van der Waals surface area contributed by atoms with Crippen LogP contribution in [-0.2, 0) is 4.79 Å². The first-order chi connectivity index (χ1) is 8.48. The highest BCUT2D eigenvalue weighted by molar-refractivity contribution is 5.85. The van der Waals surface area contributed by atoms with Crippen LogP contribution in [0.25, 0.3) is 0 Å². The highest BCUT2D eigenvalue weighted by Gasteiger charge is 2.48. The number of nitrogens with one attached hydrogen (secondary N) is 2. The molecule has 2 rings (SSSR count). The average Bonchev–Trinajstić information content (AvgIpc) is 2.25. The second-order valence-electron chi connectivity index (χ2n) is 5.31. The van der Waals surface area contributed by atoms with Crippen molar-refractivity contribution in [3.8, 4) is 0 Å². The lowest BCUT2D eigenvalue weighted by Crippen LogP contribution is -2.50. The summed E-state index contributed by atoms with van der Waals surface area (Å²) in [6.45, 7) is 2.17. The van der Waals surface area contributed by atoms with E-state index < -0.39 is 23.9 Å². The Kier molecular flexibility index (Phi) is 5.92. The minimum atomic E-state index is -4.25. The summed E-state index contributed by atoms with van der Waals surface area (Å²) >= 11 is 0. The van der Waals surface area contributed by atoms with Crippen LogP contribution in [0.15, 0.2) is 0 Å². The van der Waals surface area contributed by atoms with E-state index in [0.717, 1.165) is 19.5 Å². The van der Waals surface area contributed by atoms with Gasteiger partial charge in [0.05, 0.1) is 5.92 Å². The zero-order chi connectivity index (χ0) is 13.2. The van der Waals surface area contributed by atoms with Gasteiger partial charge in [0.15, 0.2) is 0 Å². The molecule has 1 aliphatic heterocycles. The molecule has 1 aliphatic carbocycles. The molecule has 19 heavy (non-hydrogen) atoms. The number of carbonyl (C=O) groups excluding carboxylic acids is 1. The van der Waals surface area contributed by atoms with Gasteiger partial charge in [-0.3, -0.25) is 4.79 Å². The maximum Gasteiger partial charge on any atom is 0.392 e. The molecule has 0 radical (unpaired) electrons. The van der Waals surface area contributed by atoms with Crippen LogP contribution < -0.4 is 10.6 Å². The molecule has 7 heteroatoms. The Bertz CT molecular complexity index is 308. The fourth-order valence-electron chi connectivity index (χ4n) is 2.71. The average molecular weight is 301 g/mol. The van der Waals surface area contributed by atoms with Crippen molar-refractivity contribution < 1.29 is 18.0 Å². The lowest BCUT2D eigenvalue weighted by atomic mass is 9.78. The van der Waals surface area contributed by atoms with E-state index in [9.17, 15) is 18.0 Å². The van der Waals surface area contributed by atoms with Crippen LogP contribution in [0.4, 0.5) is 13.2 Å². The zero-order valence-electron chi connectivity index (χ0n) is 10.6. The fraction of sp³-hybridized carbons (Fsp3) is 0.917. The Balaban J connectivity index is 0.00000180. The summed E-state index contributed by atoms with van der Waals surface area (Å²) in [4.78, 5) is 11.9. The molecular formula is C12H20ClF3N2O. The first-order valence-corrected chi connectivity index (χ1v) is 6.53. The van der Waals surface area contributed by atoms with Crippen molar-refractivity contribution in [1.29, 1.82) is 0 Å². The van der Waals surface area contributed by atoms with E-state index >= 15 is 0 Å². The lowest BCUT2D eigenvalue weighted by molar-refractivity contribution is -0.198. The van der Waals surface area contributed by atoms with Gasteiger partial charge in [-0.25, -0.2) is 0 Å². The Morgan fingerprint density at radius 3 is 2.37 bits per heavy atom. The number of carbonyl (C=O) groups is 1. The second-order valence-corrected chi connectivity index (χ2v) is 5.31. The predicted molar refractivity (Wildman–Crippen MR) is 68.1 cm³/mol. The van der Waals surface area contributed by atoms with E-state index in [1.54, 1.807) is 0 Å². The van der Waals surface area contributed by atoms with E-state index in [-0.39, 0.29) is 18.8 Å². The molecule has 0 aromatic rings. The van der Waals surface area contributed by atoms with E-state index in [1.807, 2.05) is 0 Å². The molecule has 1 saturated carbocycles. The fourth-order valence-corrected chi connectivity index (χ4v) is 2.71. The van der Waals surface area contributed by atoms with E-state index in [0.29, 0.717) is 25.3 Å². The first-order valence-electron chi connectivity index (χ1n) is 6.53. The maximum absolute atomic E-state index is 12.8. The number of rotatable bonds is 3. The van der Waals surface area contributed by atoms with Gasteiger partial charge < -0.3 is 10.6 Å². The molecule has 2 unspecified atom stereocenters. The monoisotopic (exact) mass is 300 g/mol. The second kappa shape index (κ2) is 6.79. The summed E-state index contributed by atoms with van der Waals surface area (Å²) < 4.78 is 38.5. The molecule has 112 valence electrons. The Morgan fingerprint density at radius 2 is 1.84 bits per heavy atom. The van der Waals surface area contributed by atoms with Gasteiger partial charge in [-0.1, -0.05) is 12.8 Å². The predicted octanol–water partition coefficient (Wildman–Crippen LogP) is 2.11. The molecule has 2 aliphatic rings. The van der Waals surface area contributed by atoms with E-state index in [2.05, 4.69) is 10.6 Å². The summed E-state index contributed by atoms with van der Waals surface area (Å²) in [6.07, 6.45) is -2.51. The van der Waals surface area contributed by atoms with Crippen LogP contribution >= 0.6 is 12.4 Å². The van der Waals surface area contributed by atoms with Crippen molar-refractivity contribution in [2.45, 2.75) is 31.9 Å². The lowest BCUT2D eigenvalue weighted by Gasteiger charge is -2.33. The van der Waals surface area contributed by atoms with Gasteiger partial charge >= 0.3 is 6.18 Å². The van der Waals surface area contributed by atoms with Crippen LogP contribution in [0.2, 0.25) is 0 Å². The van der Waals surface area contributed by atoms with Crippen molar-refractivity contribution in [2.75, 3.05) is 19.6 Å². The number of alkyl halides is 3. The van der Waals surface area contributed by atoms with Gasteiger partial charge in [0, 0.05) is 31.5 Å². The third-order valence-corrected chi connectivity index (χ3v) is 3.95. The molecular weight excluding hydrogens is 281 g/mol. The number of amides is 1. The quantitative estimate of drug-likeness (QED) is 0.838. The van der Waals surface area contributed by atoms with E-state index in [4.69, 9.17) is 0 Å². The molecule has 0 aromatic heterocycles. The van der Waals surface area contributed by atoms with Crippen molar-refractivity contribution in [2.24, 2.45) is 17.8 Å². The molecule has 3 nitrogen and oxygen atoms in total. The number of halogens is 4. The smallest absolute Gasteiger partial charge is 0.355 e. The van der Waals surface area contributed by atoms with E-state index in [1.165, 1.54) is 0 Å². The van der Waals surface area contributed by atoms with Gasteiger partial charge in [0.25, 0.3) is 0 Å². The first kappa shape index (κ1) is 16.6. The van der Waals surface area contributed by atoms with Gasteiger partial charge in [-0.2, -0.15) is 13.2 Å². The molecule has 2 atom stereocenters. The summed E-state index contributed by atoms with van der Waals surface area (Å²) in [7, 11) is 0. The van der Waals surface area contributed by atoms with Gasteiger partial charge in [-0.15, -0.1) is 12.4 Å². The van der Waals surface area contributed by atoms with Crippen LogP contribution in [0.1, 0.15) is 25.7 Å². The normalized spacial score (nSPS) is 28.2. The Labute approximate surface area is 117 Å². The number of hydrogen-bond acceptors (Lipinski definition) is 2. The highest BCUT2D eigenvalue weighted by Crippen LogP contribution is 2.41. The van der Waals surface area contributed by atoms with Crippen molar-refractivity contribution in [1.82, 2.24) is 10.6 Å². The molecule has 1 heterocycles. The third kappa shape index (κ3) is 4.24. The number of hydrogen-bond donors (Lipinski definition) is 2. The molecule has 2 fully saturated rings. The largest absolute Gasteiger partial charge is 0.392 e. The van der Waals surface area contributed by atoms with Crippen LogP contribution in [-0.4, -0.2) is 31.7 Å². The molecule has 1 saturated heterocycles. The van der Waals surface area contributed by atoms with Crippen LogP contribution in [0.5, 0.6) is 0 Å². The minimum Gasteiger partial charge on any atom is -0.355 e.